The maximum absolute atomic E-state index is 12.7. The Morgan fingerprint density at radius 3 is 2.16 bits per heavy atom. The monoisotopic (exact) mass is 415 g/mol. The zero-order valence-electron chi connectivity index (χ0n) is 14.7. The van der Waals surface area contributed by atoms with Crippen LogP contribution in [0.1, 0.15) is 31.1 Å². The van der Waals surface area contributed by atoms with Gasteiger partial charge in [-0.05, 0) is 34.8 Å². The largest absolute Gasteiger partial charge is 0.496 e. The van der Waals surface area contributed by atoms with Crippen LogP contribution in [-0.4, -0.2) is 47.4 Å². The minimum atomic E-state index is -1.45. The van der Waals surface area contributed by atoms with Crippen LogP contribution in [0, 0.1) is 5.92 Å². The van der Waals surface area contributed by atoms with Crippen molar-refractivity contribution in [3.8, 4) is 11.5 Å². The quantitative estimate of drug-likeness (QED) is 0.221. The van der Waals surface area contributed by atoms with Crippen molar-refractivity contribution in [2.24, 2.45) is 5.92 Å². The second-order valence-electron chi connectivity index (χ2n) is 5.73. The van der Waals surface area contributed by atoms with E-state index in [1.807, 2.05) is 13.8 Å². The molecule has 8 heteroatoms. The smallest absolute Gasteiger partial charge is 0.341 e. The van der Waals surface area contributed by atoms with Gasteiger partial charge in [0.15, 0.2) is 0 Å². The molecule has 0 amide bonds. The average molecular weight is 416 g/mol. The number of methoxy groups -OCH3 is 2. The van der Waals surface area contributed by atoms with Crippen LogP contribution in [0.4, 0.5) is 0 Å². The number of aliphatic carboxylic acids is 1. The maximum atomic E-state index is 12.7. The molecule has 1 rings (SSSR count). The highest BCUT2D eigenvalue weighted by Gasteiger charge is 2.26. The van der Waals surface area contributed by atoms with Crippen molar-refractivity contribution < 1.29 is 29.4 Å². The fourth-order valence-electron chi connectivity index (χ4n) is 1.95. The highest BCUT2D eigenvalue weighted by molar-refractivity contribution is 9.10. The molecule has 0 aliphatic rings. The Balaban J connectivity index is 3.38. The number of halogens is 1. The van der Waals surface area contributed by atoms with Gasteiger partial charge in [0.25, 0.3) is 0 Å². The second-order valence-corrected chi connectivity index (χ2v) is 6.58. The summed E-state index contributed by atoms with van der Waals surface area (Å²) in [6.45, 7) is 5.46. The average Bonchev–Trinajstić information content (AvgIpc) is 2.57. The van der Waals surface area contributed by atoms with Crippen molar-refractivity contribution in [3.63, 3.8) is 0 Å². The van der Waals surface area contributed by atoms with E-state index in [0.29, 0.717) is 10.2 Å². The zero-order valence-corrected chi connectivity index (χ0v) is 16.3. The SMILES string of the molecule is COc1cc(OC)c(C(=O)C(=CN(O)C(C)C(C)C)C(=O)O)cc1Br. The van der Waals surface area contributed by atoms with Crippen molar-refractivity contribution in [2.45, 2.75) is 26.8 Å². The standard InChI is InChI=1S/C17H22BrNO6/c1-9(2)10(3)19(23)8-12(17(21)22)16(20)11-6-13(18)15(25-5)7-14(11)24-4/h6-10,23H,1-5H3,(H,21,22). The summed E-state index contributed by atoms with van der Waals surface area (Å²) >= 11 is 3.26. The van der Waals surface area contributed by atoms with E-state index in [1.165, 1.54) is 26.4 Å². The van der Waals surface area contributed by atoms with Crippen LogP contribution in [-0.2, 0) is 4.79 Å². The molecular formula is C17H22BrNO6. The third-order valence-electron chi connectivity index (χ3n) is 3.84. The second kappa shape index (κ2) is 8.87. The van der Waals surface area contributed by atoms with Crippen molar-refractivity contribution in [1.29, 1.82) is 0 Å². The van der Waals surface area contributed by atoms with Crippen LogP contribution in [0.2, 0.25) is 0 Å². The lowest BCUT2D eigenvalue weighted by molar-refractivity contribution is -0.133. The molecular weight excluding hydrogens is 394 g/mol. The van der Waals surface area contributed by atoms with Gasteiger partial charge in [0.05, 0.1) is 30.3 Å². The molecule has 138 valence electrons. The topological polar surface area (TPSA) is 96.3 Å². The Labute approximate surface area is 154 Å². The van der Waals surface area contributed by atoms with Crippen molar-refractivity contribution in [2.75, 3.05) is 14.2 Å². The minimum absolute atomic E-state index is 0.0365. The third kappa shape index (κ3) is 4.96. The summed E-state index contributed by atoms with van der Waals surface area (Å²) < 4.78 is 10.8. The number of ketones is 1. The van der Waals surface area contributed by atoms with Gasteiger partial charge in [-0.25, -0.2) is 4.79 Å². The number of ether oxygens (including phenoxy) is 2. The summed E-state index contributed by atoms with van der Waals surface area (Å²) in [5.74, 6) is -1.59. The lowest BCUT2D eigenvalue weighted by Gasteiger charge is -2.24. The Kier molecular flexibility index (Phi) is 7.44. The number of benzene rings is 1. The highest BCUT2D eigenvalue weighted by atomic mass is 79.9. The van der Waals surface area contributed by atoms with E-state index < -0.39 is 17.3 Å². The molecule has 1 atom stereocenters. The molecule has 0 radical (unpaired) electrons. The lowest BCUT2D eigenvalue weighted by Crippen LogP contribution is -2.31. The Hall–Kier alpha value is -2.06. The van der Waals surface area contributed by atoms with Crippen LogP contribution < -0.4 is 9.47 Å². The van der Waals surface area contributed by atoms with Crippen LogP contribution in [0.15, 0.2) is 28.4 Å². The summed E-state index contributed by atoms with van der Waals surface area (Å²) in [5.41, 5.74) is -0.542. The van der Waals surface area contributed by atoms with E-state index >= 15 is 0 Å². The van der Waals surface area contributed by atoms with Gasteiger partial charge in [0.1, 0.15) is 17.1 Å². The first-order chi connectivity index (χ1) is 11.6. The van der Waals surface area contributed by atoms with Crippen LogP contribution in [0.3, 0.4) is 0 Å². The number of nitrogens with zero attached hydrogens (tertiary/aromatic N) is 1. The van der Waals surface area contributed by atoms with E-state index in [0.717, 1.165) is 11.3 Å². The predicted molar refractivity (Wildman–Crippen MR) is 95.2 cm³/mol. The molecule has 1 aromatic rings. The number of carboxylic acid groups (broad SMARTS) is 1. The van der Waals surface area contributed by atoms with Gasteiger partial charge in [-0.3, -0.25) is 15.1 Å². The van der Waals surface area contributed by atoms with E-state index in [9.17, 15) is 19.9 Å². The summed E-state index contributed by atoms with van der Waals surface area (Å²) in [4.78, 5) is 24.3. The molecule has 1 aromatic carbocycles. The summed E-state index contributed by atoms with van der Waals surface area (Å²) in [6.07, 6.45) is 0.924. The zero-order chi connectivity index (χ0) is 19.3. The molecule has 1 unspecified atom stereocenters. The normalized spacial score (nSPS) is 12.7. The molecule has 2 N–H and O–H groups in total. The molecule has 0 fully saturated rings. The number of carbonyl (C=O) groups is 2. The van der Waals surface area contributed by atoms with E-state index in [4.69, 9.17) is 9.47 Å². The van der Waals surface area contributed by atoms with E-state index in [2.05, 4.69) is 15.9 Å². The first kappa shape index (κ1) is 21.0. The summed E-state index contributed by atoms with van der Waals surface area (Å²) in [6, 6.07) is 2.53. The van der Waals surface area contributed by atoms with E-state index in [-0.39, 0.29) is 23.3 Å². The predicted octanol–water partition coefficient (Wildman–Crippen LogP) is 3.35. The van der Waals surface area contributed by atoms with Gasteiger partial charge in [-0.1, -0.05) is 13.8 Å². The lowest BCUT2D eigenvalue weighted by atomic mass is 10.0. The number of hydroxylamine groups is 2. The van der Waals surface area contributed by atoms with Gasteiger partial charge >= 0.3 is 5.97 Å². The van der Waals surface area contributed by atoms with E-state index in [1.54, 1.807) is 6.92 Å². The van der Waals surface area contributed by atoms with Gasteiger partial charge < -0.3 is 14.6 Å². The molecule has 0 heterocycles. The van der Waals surface area contributed by atoms with Crippen LogP contribution in [0.25, 0.3) is 0 Å². The fraction of sp³-hybridized carbons (Fsp3) is 0.412. The molecule has 25 heavy (non-hydrogen) atoms. The van der Waals surface area contributed by atoms with Crippen LogP contribution >= 0.6 is 15.9 Å². The maximum Gasteiger partial charge on any atom is 0.341 e. The molecule has 0 saturated heterocycles. The molecule has 0 spiro atoms. The minimum Gasteiger partial charge on any atom is -0.496 e. The van der Waals surface area contributed by atoms with Gasteiger partial charge in [0.2, 0.25) is 5.78 Å². The molecule has 0 aliphatic heterocycles. The van der Waals surface area contributed by atoms with Crippen molar-refractivity contribution >= 4 is 27.7 Å². The molecule has 0 saturated carbocycles. The summed E-state index contributed by atoms with van der Waals surface area (Å²) in [7, 11) is 2.82. The Morgan fingerprint density at radius 1 is 1.16 bits per heavy atom. The Morgan fingerprint density at radius 2 is 1.72 bits per heavy atom. The first-order valence-corrected chi connectivity index (χ1v) is 8.31. The first-order valence-electron chi connectivity index (χ1n) is 7.52. The third-order valence-corrected chi connectivity index (χ3v) is 4.46. The number of carbonyl (C=O) groups excluding carboxylic acids is 1. The van der Waals surface area contributed by atoms with Crippen LogP contribution in [0.5, 0.6) is 11.5 Å². The molecule has 7 nitrogen and oxygen atoms in total. The van der Waals surface area contributed by atoms with Crippen molar-refractivity contribution in [1.82, 2.24) is 5.06 Å². The molecule has 0 aromatic heterocycles. The molecule has 0 bridgehead atoms. The number of hydrogen-bond acceptors (Lipinski definition) is 6. The summed E-state index contributed by atoms with van der Waals surface area (Å²) in [5, 5.41) is 20.2. The number of carboxylic acids is 1. The number of Topliss-reactive ketones (excluding diaryl/α,β-unsaturated/α-hetero) is 1. The fourth-order valence-corrected chi connectivity index (χ4v) is 2.45. The highest BCUT2D eigenvalue weighted by Crippen LogP contribution is 2.34. The molecule has 0 aliphatic carbocycles. The van der Waals surface area contributed by atoms with Gasteiger partial charge in [-0.15, -0.1) is 0 Å². The van der Waals surface area contributed by atoms with Crippen molar-refractivity contribution in [3.05, 3.63) is 33.9 Å². The van der Waals surface area contributed by atoms with Gasteiger partial charge in [-0.2, -0.15) is 0 Å². The number of rotatable bonds is 8. The van der Waals surface area contributed by atoms with Gasteiger partial charge in [0, 0.05) is 12.3 Å². The number of hydrogen-bond donors (Lipinski definition) is 2. The Bertz CT molecular complexity index is 686.